The van der Waals surface area contributed by atoms with Crippen molar-refractivity contribution in [2.24, 2.45) is 0 Å². The van der Waals surface area contributed by atoms with E-state index in [4.69, 9.17) is 4.74 Å². The molecule has 0 unspecified atom stereocenters. The van der Waals surface area contributed by atoms with Crippen LogP contribution in [0, 0.1) is 13.8 Å². The molecular weight excluding hydrogens is 384 g/mol. The molecule has 1 heterocycles. The van der Waals surface area contributed by atoms with Gasteiger partial charge in [0.25, 0.3) is 11.5 Å². The molecule has 0 atom stereocenters. The van der Waals surface area contributed by atoms with Gasteiger partial charge in [0.05, 0.1) is 12.0 Å². The van der Waals surface area contributed by atoms with E-state index in [9.17, 15) is 14.4 Å². The second-order valence-electron chi connectivity index (χ2n) is 6.96. The zero-order valence-corrected chi connectivity index (χ0v) is 17.2. The number of hydrogen-bond acceptors (Lipinski definition) is 5. The number of carbonyl (C=O) groups excluding carboxylic acids is 2. The predicted molar refractivity (Wildman–Crippen MR) is 115 cm³/mol. The number of carbonyl (C=O) groups is 2. The summed E-state index contributed by atoms with van der Waals surface area (Å²) >= 11 is 0. The van der Waals surface area contributed by atoms with Crippen molar-refractivity contribution >= 4 is 28.3 Å². The Labute approximate surface area is 173 Å². The number of aryl methyl sites for hydroxylation is 1. The quantitative estimate of drug-likeness (QED) is 0.624. The van der Waals surface area contributed by atoms with Crippen molar-refractivity contribution in [3.05, 3.63) is 69.6 Å². The van der Waals surface area contributed by atoms with Crippen LogP contribution in [-0.4, -0.2) is 53.7 Å². The molecular formula is C22H24N4O4. The first-order chi connectivity index (χ1) is 14.4. The number of anilines is 1. The van der Waals surface area contributed by atoms with Crippen molar-refractivity contribution < 1.29 is 14.3 Å². The molecule has 0 radical (unpaired) electrons. The number of benzene rings is 2. The minimum absolute atomic E-state index is 0.0841. The molecule has 0 aliphatic rings. The normalized spacial score (nSPS) is 10.8. The molecule has 0 bridgehead atoms. The number of methoxy groups -OCH3 is 1. The molecule has 0 saturated carbocycles. The van der Waals surface area contributed by atoms with Crippen molar-refractivity contribution in [1.29, 1.82) is 0 Å². The SMILES string of the molecule is COCCN(CC(=O)Nc1cccc(C)c1C)C(=O)c1n[nH]c(=O)c2ccccc12. The lowest BCUT2D eigenvalue weighted by molar-refractivity contribution is -0.117. The molecule has 2 aromatic carbocycles. The minimum Gasteiger partial charge on any atom is -0.383 e. The van der Waals surface area contributed by atoms with E-state index in [0.717, 1.165) is 11.1 Å². The van der Waals surface area contributed by atoms with Crippen LogP contribution in [0.3, 0.4) is 0 Å². The van der Waals surface area contributed by atoms with E-state index in [1.54, 1.807) is 24.3 Å². The minimum atomic E-state index is -0.462. The molecule has 0 fully saturated rings. The lowest BCUT2D eigenvalue weighted by atomic mass is 10.1. The monoisotopic (exact) mass is 408 g/mol. The van der Waals surface area contributed by atoms with Gasteiger partial charge in [-0.1, -0.05) is 30.3 Å². The predicted octanol–water partition coefficient (Wildman–Crippen LogP) is 2.27. The van der Waals surface area contributed by atoms with Crippen molar-refractivity contribution in [2.75, 3.05) is 32.1 Å². The molecule has 8 nitrogen and oxygen atoms in total. The molecule has 3 aromatic rings. The summed E-state index contributed by atoms with van der Waals surface area (Å²) in [5.41, 5.74) is 2.43. The smallest absolute Gasteiger partial charge is 0.275 e. The Morgan fingerprint density at radius 1 is 1.10 bits per heavy atom. The molecule has 0 aliphatic heterocycles. The third-order valence-electron chi connectivity index (χ3n) is 4.96. The summed E-state index contributed by atoms with van der Waals surface area (Å²) in [5, 5.41) is 9.96. The second kappa shape index (κ2) is 9.32. The molecule has 2 N–H and O–H groups in total. The number of H-pyrrole nitrogens is 1. The highest BCUT2D eigenvalue weighted by atomic mass is 16.5. The van der Waals surface area contributed by atoms with Crippen LogP contribution >= 0.6 is 0 Å². The van der Waals surface area contributed by atoms with Gasteiger partial charge in [-0.25, -0.2) is 5.10 Å². The standard InChI is InChI=1S/C22H24N4O4/c1-14-7-6-10-18(15(14)2)23-19(27)13-26(11-12-30-3)22(29)20-16-8-4-5-9-17(16)21(28)25-24-20/h4-10H,11-13H2,1-3H3,(H,23,27)(H,25,28). The topological polar surface area (TPSA) is 104 Å². The van der Waals surface area contributed by atoms with Gasteiger partial charge >= 0.3 is 0 Å². The Bertz CT molecular complexity index is 1140. The van der Waals surface area contributed by atoms with Gasteiger partial charge < -0.3 is 15.0 Å². The molecule has 0 saturated heterocycles. The maximum Gasteiger partial charge on any atom is 0.275 e. The number of aromatic amines is 1. The van der Waals surface area contributed by atoms with E-state index >= 15 is 0 Å². The zero-order valence-electron chi connectivity index (χ0n) is 17.2. The van der Waals surface area contributed by atoms with Crippen LogP contribution in [0.1, 0.15) is 21.6 Å². The number of aromatic nitrogens is 2. The average molecular weight is 408 g/mol. The van der Waals surface area contributed by atoms with Gasteiger partial charge in [0.1, 0.15) is 6.54 Å². The number of hydrogen-bond donors (Lipinski definition) is 2. The van der Waals surface area contributed by atoms with Crippen molar-refractivity contribution in [3.63, 3.8) is 0 Å². The summed E-state index contributed by atoms with van der Waals surface area (Å²) in [6.45, 7) is 4.17. The van der Waals surface area contributed by atoms with Crippen LogP contribution in [0.15, 0.2) is 47.3 Å². The Balaban J connectivity index is 1.86. The number of fused-ring (bicyclic) bond motifs is 1. The summed E-state index contributed by atoms with van der Waals surface area (Å²) in [5.74, 6) is -0.794. The number of amides is 2. The van der Waals surface area contributed by atoms with E-state index in [1.165, 1.54) is 12.0 Å². The van der Waals surface area contributed by atoms with Crippen molar-refractivity contribution in [1.82, 2.24) is 15.1 Å². The van der Waals surface area contributed by atoms with Crippen LogP contribution in [-0.2, 0) is 9.53 Å². The lowest BCUT2D eigenvalue weighted by Crippen LogP contribution is -2.40. The Hall–Kier alpha value is -3.52. The number of ether oxygens (including phenoxy) is 1. The molecule has 1 aromatic heterocycles. The van der Waals surface area contributed by atoms with Gasteiger partial charge in [-0.2, -0.15) is 5.10 Å². The van der Waals surface area contributed by atoms with Gasteiger partial charge in [-0.15, -0.1) is 0 Å². The zero-order chi connectivity index (χ0) is 21.7. The molecule has 0 spiro atoms. The van der Waals surface area contributed by atoms with Crippen molar-refractivity contribution in [2.45, 2.75) is 13.8 Å². The molecule has 156 valence electrons. The van der Waals surface area contributed by atoms with Gasteiger partial charge in [0.2, 0.25) is 5.91 Å². The fourth-order valence-corrected chi connectivity index (χ4v) is 3.13. The van der Waals surface area contributed by atoms with E-state index in [1.807, 2.05) is 32.0 Å². The summed E-state index contributed by atoms with van der Waals surface area (Å²) in [4.78, 5) is 39.2. The fourth-order valence-electron chi connectivity index (χ4n) is 3.13. The first-order valence-corrected chi connectivity index (χ1v) is 9.54. The van der Waals surface area contributed by atoms with Crippen LogP contribution in [0.4, 0.5) is 5.69 Å². The van der Waals surface area contributed by atoms with Crippen LogP contribution in [0.25, 0.3) is 10.8 Å². The van der Waals surface area contributed by atoms with Crippen LogP contribution in [0.5, 0.6) is 0 Å². The summed E-state index contributed by atoms with van der Waals surface area (Å²) < 4.78 is 5.10. The van der Waals surface area contributed by atoms with Crippen LogP contribution in [0.2, 0.25) is 0 Å². The molecule has 2 amide bonds. The number of nitrogens with zero attached hydrogens (tertiary/aromatic N) is 2. The Morgan fingerprint density at radius 2 is 1.83 bits per heavy atom. The van der Waals surface area contributed by atoms with Gasteiger partial charge in [-0.05, 0) is 37.1 Å². The molecule has 0 aliphatic carbocycles. The van der Waals surface area contributed by atoms with Gasteiger partial charge in [0.15, 0.2) is 5.69 Å². The highest BCUT2D eigenvalue weighted by Gasteiger charge is 2.23. The summed E-state index contributed by atoms with van der Waals surface area (Å²) in [6, 6.07) is 12.4. The fraction of sp³-hybridized carbons (Fsp3) is 0.273. The average Bonchev–Trinajstić information content (AvgIpc) is 2.74. The first-order valence-electron chi connectivity index (χ1n) is 9.54. The second-order valence-corrected chi connectivity index (χ2v) is 6.96. The molecule has 8 heteroatoms. The third-order valence-corrected chi connectivity index (χ3v) is 4.96. The lowest BCUT2D eigenvalue weighted by Gasteiger charge is -2.22. The highest BCUT2D eigenvalue weighted by Crippen LogP contribution is 2.18. The summed E-state index contributed by atoms with van der Waals surface area (Å²) in [6.07, 6.45) is 0. The number of nitrogens with one attached hydrogen (secondary N) is 2. The van der Waals surface area contributed by atoms with Gasteiger partial charge in [-0.3, -0.25) is 14.4 Å². The number of rotatable bonds is 7. The van der Waals surface area contributed by atoms with Crippen molar-refractivity contribution in [3.8, 4) is 0 Å². The Morgan fingerprint density at radius 3 is 2.57 bits per heavy atom. The maximum atomic E-state index is 13.2. The first kappa shape index (κ1) is 21.2. The van der Waals surface area contributed by atoms with E-state index in [-0.39, 0.29) is 36.9 Å². The highest BCUT2D eigenvalue weighted by molar-refractivity contribution is 6.06. The maximum absolute atomic E-state index is 13.2. The Kier molecular flexibility index (Phi) is 6.58. The van der Waals surface area contributed by atoms with E-state index in [0.29, 0.717) is 16.5 Å². The molecule has 30 heavy (non-hydrogen) atoms. The largest absolute Gasteiger partial charge is 0.383 e. The van der Waals surface area contributed by atoms with E-state index < -0.39 is 5.91 Å². The van der Waals surface area contributed by atoms with E-state index in [2.05, 4.69) is 15.5 Å². The molecule has 3 rings (SSSR count). The third kappa shape index (κ3) is 4.55. The summed E-state index contributed by atoms with van der Waals surface area (Å²) in [7, 11) is 1.52. The van der Waals surface area contributed by atoms with Crippen LogP contribution < -0.4 is 10.9 Å². The van der Waals surface area contributed by atoms with Gasteiger partial charge in [0, 0.05) is 24.7 Å².